The Morgan fingerprint density at radius 2 is 1.73 bits per heavy atom. The molecule has 56 valence electrons. The van der Waals surface area contributed by atoms with Gasteiger partial charge in [-0.25, -0.2) is 0 Å². The Hall–Kier alpha value is -0.360. The zero-order valence-electron chi connectivity index (χ0n) is 5.34. The molecule has 0 saturated heterocycles. The molecule has 0 radical (unpaired) electrons. The molecule has 1 aromatic rings. The molecule has 0 saturated carbocycles. The highest BCUT2D eigenvalue weighted by Crippen LogP contribution is 2.25. The Kier molecular flexibility index (Phi) is 3.07. The zero-order chi connectivity index (χ0) is 8.27. The number of benzene rings is 1. The minimum Gasteiger partial charge on any atom is -0.185 e. The van der Waals surface area contributed by atoms with Gasteiger partial charge < -0.3 is 0 Å². The molecule has 1 rings (SSSR count). The highest BCUT2D eigenvalue weighted by molar-refractivity contribution is 8.03. The number of thiocyanates is 1. The van der Waals surface area contributed by atoms with E-state index >= 15 is 0 Å². The first-order valence-electron chi connectivity index (χ1n) is 2.74. The summed E-state index contributed by atoms with van der Waals surface area (Å²) in [5, 5.41) is 11.4. The fourth-order valence-electron chi connectivity index (χ4n) is 0.640. The van der Waals surface area contributed by atoms with Crippen molar-refractivity contribution in [3.63, 3.8) is 0 Å². The van der Waals surface area contributed by atoms with Crippen molar-refractivity contribution >= 4 is 35.0 Å². The van der Waals surface area contributed by atoms with Crippen LogP contribution in [0.5, 0.6) is 0 Å². The second kappa shape index (κ2) is 3.87. The van der Waals surface area contributed by atoms with Crippen LogP contribution >= 0.6 is 35.0 Å². The molecule has 0 atom stereocenters. The molecule has 0 N–H and O–H groups in total. The lowest BCUT2D eigenvalue weighted by Gasteiger charge is -1.95. The molecule has 0 aliphatic carbocycles. The SMILES string of the molecule is N#CSc1cc(Cl)cc(Cl)c1. The van der Waals surface area contributed by atoms with Crippen LogP contribution in [0.25, 0.3) is 0 Å². The van der Waals surface area contributed by atoms with E-state index in [1.54, 1.807) is 18.2 Å². The number of nitrogens with zero attached hydrogens (tertiary/aromatic N) is 1. The third-order valence-corrected chi connectivity index (χ3v) is 2.00. The highest BCUT2D eigenvalue weighted by Gasteiger charge is 1.97. The van der Waals surface area contributed by atoms with Gasteiger partial charge in [-0.15, -0.1) is 0 Å². The van der Waals surface area contributed by atoms with Crippen LogP contribution in [0.4, 0.5) is 0 Å². The lowest BCUT2D eigenvalue weighted by atomic mass is 10.4. The van der Waals surface area contributed by atoms with Crippen molar-refractivity contribution in [1.29, 1.82) is 5.26 Å². The number of thioether (sulfide) groups is 1. The quantitative estimate of drug-likeness (QED) is 0.515. The van der Waals surface area contributed by atoms with Crippen molar-refractivity contribution < 1.29 is 0 Å². The van der Waals surface area contributed by atoms with Crippen molar-refractivity contribution in [2.45, 2.75) is 4.90 Å². The predicted octanol–water partition coefficient (Wildman–Crippen LogP) is 3.57. The Balaban J connectivity index is 3.01. The largest absolute Gasteiger partial charge is 0.185 e. The molecule has 1 aromatic carbocycles. The van der Waals surface area contributed by atoms with E-state index in [4.69, 9.17) is 28.5 Å². The molecule has 0 unspecified atom stereocenters. The van der Waals surface area contributed by atoms with Crippen LogP contribution < -0.4 is 0 Å². The summed E-state index contributed by atoms with van der Waals surface area (Å²) in [6.45, 7) is 0. The lowest BCUT2D eigenvalue weighted by molar-refractivity contribution is 1.47. The lowest BCUT2D eigenvalue weighted by Crippen LogP contribution is -1.70. The Labute approximate surface area is 78.9 Å². The maximum absolute atomic E-state index is 8.33. The van der Waals surface area contributed by atoms with Gasteiger partial charge in [0.2, 0.25) is 0 Å². The molecule has 0 spiro atoms. The van der Waals surface area contributed by atoms with E-state index in [0.29, 0.717) is 10.0 Å². The summed E-state index contributed by atoms with van der Waals surface area (Å²) in [7, 11) is 0. The third-order valence-electron chi connectivity index (χ3n) is 1.000. The second-order valence-electron chi connectivity index (χ2n) is 1.80. The Bertz CT molecular complexity index is 286. The fraction of sp³-hybridized carbons (Fsp3) is 0. The number of rotatable bonds is 1. The van der Waals surface area contributed by atoms with Gasteiger partial charge in [-0.2, -0.15) is 5.26 Å². The van der Waals surface area contributed by atoms with E-state index in [9.17, 15) is 0 Å². The number of hydrogen-bond acceptors (Lipinski definition) is 2. The third kappa shape index (κ3) is 2.63. The van der Waals surface area contributed by atoms with Gasteiger partial charge in [0.15, 0.2) is 0 Å². The molecule has 0 aliphatic heterocycles. The minimum absolute atomic E-state index is 0.551. The summed E-state index contributed by atoms with van der Waals surface area (Å²) < 4.78 is 0. The average molecular weight is 204 g/mol. The van der Waals surface area contributed by atoms with Crippen LogP contribution in [0.2, 0.25) is 10.0 Å². The van der Waals surface area contributed by atoms with E-state index < -0.39 is 0 Å². The van der Waals surface area contributed by atoms with E-state index in [-0.39, 0.29) is 0 Å². The molecular formula is C7H3Cl2NS. The minimum atomic E-state index is 0.551. The maximum Gasteiger partial charge on any atom is 0.138 e. The first-order valence-corrected chi connectivity index (χ1v) is 4.31. The second-order valence-corrected chi connectivity index (χ2v) is 3.53. The normalized spacial score (nSPS) is 9.18. The smallest absolute Gasteiger partial charge is 0.138 e. The molecule has 11 heavy (non-hydrogen) atoms. The van der Waals surface area contributed by atoms with E-state index in [2.05, 4.69) is 0 Å². The standard InChI is InChI=1S/C7H3Cl2NS/c8-5-1-6(9)3-7(2-5)11-4-10/h1-3H. The van der Waals surface area contributed by atoms with Crippen LogP contribution in [0.1, 0.15) is 0 Å². The first kappa shape index (κ1) is 8.73. The molecule has 0 aliphatic rings. The molecule has 0 heterocycles. The van der Waals surface area contributed by atoms with Crippen molar-refractivity contribution in [3.8, 4) is 5.40 Å². The van der Waals surface area contributed by atoms with Crippen LogP contribution in [-0.2, 0) is 0 Å². The van der Waals surface area contributed by atoms with Crippen molar-refractivity contribution in [1.82, 2.24) is 0 Å². The summed E-state index contributed by atoms with van der Waals surface area (Å²) in [5.41, 5.74) is 0. The topological polar surface area (TPSA) is 23.8 Å². The van der Waals surface area contributed by atoms with Crippen molar-refractivity contribution in [2.24, 2.45) is 0 Å². The molecule has 0 amide bonds. The van der Waals surface area contributed by atoms with Crippen LogP contribution in [0.15, 0.2) is 23.1 Å². The molecule has 0 fully saturated rings. The van der Waals surface area contributed by atoms with E-state index in [1.165, 1.54) is 0 Å². The van der Waals surface area contributed by atoms with Gasteiger partial charge in [0, 0.05) is 14.9 Å². The fourth-order valence-corrected chi connectivity index (χ4v) is 1.77. The van der Waals surface area contributed by atoms with E-state index in [1.807, 2.05) is 5.40 Å². The number of nitriles is 1. The Morgan fingerprint density at radius 3 is 2.18 bits per heavy atom. The van der Waals surface area contributed by atoms with Crippen LogP contribution in [0, 0.1) is 10.7 Å². The molecule has 0 aromatic heterocycles. The van der Waals surface area contributed by atoms with Gasteiger partial charge in [0.05, 0.1) is 0 Å². The van der Waals surface area contributed by atoms with Gasteiger partial charge in [0.1, 0.15) is 5.40 Å². The van der Waals surface area contributed by atoms with Crippen molar-refractivity contribution in [3.05, 3.63) is 28.2 Å². The van der Waals surface area contributed by atoms with Gasteiger partial charge in [-0.3, -0.25) is 0 Å². The molecule has 0 bridgehead atoms. The molecule has 1 nitrogen and oxygen atoms in total. The summed E-state index contributed by atoms with van der Waals surface area (Å²) >= 11 is 12.4. The van der Waals surface area contributed by atoms with Gasteiger partial charge >= 0.3 is 0 Å². The molecule has 4 heteroatoms. The monoisotopic (exact) mass is 203 g/mol. The number of hydrogen-bond donors (Lipinski definition) is 0. The maximum atomic E-state index is 8.33. The summed E-state index contributed by atoms with van der Waals surface area (Å²) in [6.07, 6.45) is 0. The average Bonchev–Trinajstić information content (AvgIpc) is 1.85. The molecular weight excluding hydrogens is 201 g/mol. The zero-order valence-corrected chi connectivity index (χ0v) is 7.67. The van der Waals surface area contributed by atoms with Crippen LogP contribution in [0.3, 0.4) is 0 Å². The van der Waals surface area contributed by atoms with E-state index in [0.717, 1.165) is 16.7 Å². The summed E-state index contributed by atoms with van der Waals surface area (Å²) in [4.78, 5) is 0.769. The highest BCUT2D eigenvalue weighted by atomic mass is 35.5. The number of halogens is 2. The first-order chi connectivity index (χ1) is 5.22. The predicted molar refractivity (Wildman–Crippen MR) is 47.9 cm³/mol. The van der Waals surface area contributed by atoms with Crippen LogP contribution in [-0.4, -0.2) is 0 Å². The van der Waals surface area contributed by atoms with Crippen molar-refractivity contribution in [2.75, 3.05) is 0 Å². The van der Waals surface area contributed by atoms with Gasteiger partial charge in [-0.05, 0) is 30.0 Å². The van der Waals surface area contributed by atoms with Gasteiger partial charge in [-0.1, -0.05) is 23.2 Å². The Morgan fingerprint density at radius 1 is 1.18 bits per heavy atom. The summed E-state index contributed by atoms with van der Waals surface area (Å²) in [6, 6.07) is 5.02. The van der Waals surface area contributed by atoms with Gasteiger partial charge in [0.25, 0.3) is 0 Å². The summed E-state index contributed by atoms with van der Waals surface area (Å²) in [5.74, 6) is 0.